The van der Waals surface area contributed by atoms with E-state index >= 15 is 0 Å². The molecule has 1 amide bonds. The van der Waals surface area contributed by atoms with Crippen molar-refractivity contribution in [3.8, 4) is 0 Å². The topological polar surface area (TPSA) is 40.5 Å². The molecule has 2 unspecified atom stereocenters. The molecule has 1 aliphatic rings. The van der Waals surface area contributed by atoms with Crippen molar-refractivity contribution in [3.05, 3.63) is 0 Å². The zero-order valence-corrected chi connectivity index (χ0v) is 10.4. The van der Waals surface area contributed by atoms with Gasteiger partial charge in [-0.15, -0.1) is 4.65 Å². The second kappa shape index (κ2) is 5.30. The minimum atomic E-state index is -0.399. The van der Waals surface area contributed by atoms with E-state index in [0.29, 0.717) is 26.1 Å². The molecule has 0 aromatic rings. The zero-order chi connectivity index (χ0) is 11.5. The van der Waals surface area contributed by atoms with Gasteiger partial charge in [0.25, 0.3) is 0 Å². The first-order valence-electron chi connectivity index (χ1n) is 5.62. The van der Waals surface area contributed by atoms with Gasteiger partial charge < -0.3 is 0 Å². The quantitative estimate of drug-likeness (QED) is 0.440. The van der Waals surface area contributed by atoms with Crippen molar-refractivity contribution in [1.82, 2.24) is 4.31 Å². The molecule has 0 saturated carbocycles. The third kappa shape index (κ3) is 2.93. The number of rotatable bonds is 3. The van der Waals surface area contributed by atoms with Crippen LogP contribution in [0.4, 0.5) is 0 Å². The van der Waals surface area contributed by atoms with E-state index in [1.807, 2.05) is 18.2 Å². The van der Waals surface area contributed by atoms with Crippen LogP contribution in [0, 0.1) is 0 Å². The van der Waals surface area contributed by atoms with Crippen LogP contribution >= 0.6 is 12.8 Å². The number of quaternary nitrogens is 1. The van der Waals surface area contributed by atoms with E-state index in [1.54, 1.807) is 0 Å². The molecule has 1 aliphatic heterocycles. The predicted molar refractivity (Wildman–Crippen MR) is 61.5 cm³/mol. The molecule has 2 atom stereocenters. The number of thiol groups is 1. The average Bonchev–Trinajstić information content (AvgIpc) is 2.22. The van der Waals surface area contributed by atoms with Crippen molar-refractivity contribution < 1.29 is 14.6 Å². The Morgan fingerprint density at radius 1 is 1.60 bits per heavy atom. The van der Waals surface area contributed by atoms with Gasteiger partial charge in [-0.1, -0.05) is 26.7 Å². The number of carbonyl (C=O) groups is 1. The Bertz CT molecular complexity index is 237. The largest absolute Gasteiger partial charge is 0.345 e. The standard InChI is InChI=1S/C10H21N2O2S/c1-3-5-10(13)12(14)7-6-11(15)9(4-2)8-12/h9,14-15H,3-8H2,1-2H3/q+1. The third-order valence-electron chi connectivity index (χ3n) is 3.03. The summed E-state index contributed by atoms with van der Waals surface area (Å²) in [7, 11) is 0. The van der Waals surface area contributed by atoms with E-state index in [4.69, 9.17) is 0 Å². The fraction of sp³-hybridized carbons (Fsp3) is 0.900. The monoisotopic (exact) mass is 233 g/mol. The highest BCUT2D eigenvalue weighted by molar-refractivity contribution is 7.77. The second-order valence-electron chi connectivity index (χ2n) is 4.20. The maximum atomic E-state index is 11.8. The van der Waals surface area contributed by atoms with Gasteiger partial charge >= 0.3 is 5.91 Å². The normalized spacial score (nSPS) is 32.9. The molecule has 0 spiro atoms. The Morgan fingerprint density at radius 2 is 2.27 bits per heavy atom. The molecule has 0 aromatic carbocycles. The molecule has 1 heterocycles. The molecule has 1 N–H and O–H groups in total. The summed E-state index contributed by atoms with van der Waals surface area (Å²) in [5.74, 6) is -0.0580. The minimum Gasteiger partial charge on any atom is -0.239 e. The summed E-state index contributed by atoms with van der Waals surface area (Å²) in [4.78, 5) is 11.8. The smallest absolute Gasteiger partial charge is 0.239 e. The first kappa shape index (κ1) is 13.0. The van der Waals surface area contributed by atoms with Crippen LogP contribution in [0.15, 0.2) is 0 Å². The Hall–Kier alpha value is -0.100. The van der Waals surface area contributed by atoms with Gasteiger partial charge in [-0.05, 0) is 12.8 Å². The highest BCUT2D eigenvalue weighted by Gasteiger charge is 2.42. The van der Waals surface area contributed by atoms with Gasteiger partial charge in [0.15, 0.2) is 0 Å². The Morgan fingerprint density at radius 3 is 2.80 bits per heavy atom. The Labute approximate surface area is 96.9 Å². The molecule has 0 aromatic heterocycles. The number of amides is 1. The van der Waals surface area contributed by atoms with E-state index in [9.17, 15) is 10.0 Å². The third-order valence-corrected chi connectivity index (χ3v) is 3.56. The lowest BCUT2D eigenvalue weighted by Gasteiger charge is -2.39. The first-order valence-corrected chi connectivity index (χ1v) is 6.02. The number of hydrogen-bond donors (Lipinski definition) is 2. The molecule has 5 heteroatoms. The first-order chi connectivity index (χ1) is 7.03. The summed E-state index contributed by atoms with van der Waals surface area (Å²) in [6.45, 7) is 5.59. The fourth-order valence-electron chi connectivity index (χ4n) is 1.97. The van der Waals surface area contributed by atoms with Crippen molar-refractivity contribution in [3.63, 3.8) is 0 Å². The molecule has 4 nitrogen and oxygen atoms in total. The molecule has 1 saturated heterocycles. The van der Waals surface area contributed by atoms with Crippen LogP contribution in [0.3, 0.4) is 0 Å². The summed E-state index contributed by atoms with van der Waals surface area (Å²) in [5.41, 5.74) is 0. The average molecular weight is 233 g/mol. The molecule has 1 fully saturated rings. The van der Waals surface area contributed by atoms with Crippen molar-refractivity contribution in [2.24, 2.45) is 0 Å². The van der Waals surface area contributed by atoms with E-state index in [0.717, 1.165) is 12.8 Å². The summed E-state index contributed by atoms with van der Waals surface area (Å²) >= 11 is 4.34. The van der Waals surface area contributed by atoms with E-state index in [1.165, 1.54) is 0 Å². The van der Waals surface area contributed by atoms with Crippen molar-refractivity contribution in [2.45, 2.75) is 39.2 Å². The van der Waals surface area contributed by atoms with E-state index < -0.39 is 4.65 Å². The van der Waals surface area contributed by atoms with Gasteiger partial charge in [-0.2, -0.15) is 0 Å². The summed E-state index contributed by atoms with van der Waals surface area (Å²) < 4.78 is 1.52. The summed E-state index contributed by atoms with van der Waals surface area (Å²) in [5, 5.41) is 10.2. The maximum absolute atomic E-state index is 11.8. The lowest BCUT2D eigenvalue weighted by Crippen LogP contribution is -2.62. The van der Waals surface area contributed by atoms with Crippen LogP contribution in [0.5, 0.6) is 0 Å². The van der Waals surface area contributed by atoms with Crippen molar-refractivity contribution in [1.29, 1.82) is 0 Å². The van der Waals surface area contributed by atoms with Gasteiger partial charge in [0, 0.05) is 0 Å². The second-order valence-corrected chi connectivity index (χ2v) is 4.71. The molecule has 0 aliphatic carbocycles. The van der Waals surface area contributed by atoms with Crippen LogP contribution in [0.2, 0.25) is 0 Å². The van der Waals surface area contributed by atoms with Crippen LogP contribution < -0.4 is 0 Å². The lowest BCUT2D eigenvalue weighted by molar-refractivity contribution is -1.04. The number of nitrogens with zero attached hydrogens (tertiary/aromatic N) is 2. The minimum absolute atomic E-state index is 0.0580. The molecule has 1 rings (SSSR count). The molecule has 0 bridgehead atoms. The van der Waals surface area contributed by atoms with Gasteiger partial charge in [0.2, 0.25) is 0 Å². The zero-order valence-electron chi connectivity index (χ0n) is 9.52. The van der Waals surface area contributed by atoms with Crippen LogP contribution in [0.1, 0.15) is 33.1 Å². The van der Waals surface area contributed by atoms with Gasteiger partial charge in [-0.25, -0.2) is 14.3 Å². The molecule has 88 valence electrons. The number of piperazine rings is 1. The van der Waals surface area contributed by atoms with Crippen molar-refractivity contribution in [2.75, 3.05) is 19.6 Å². The van der Waals surface area contributed by atoms with Crippen LogP contribution in [-0.2, 0) is 4.79 Å². The summed E-state index contributed by atoms with van der Waals surface area (Å²) in [6.07, 6.45) is 2.16. The van der Waals surface area contributed by atoms with Gasteiger partial charge in [-0.3, -0.25) is 0 Å². The Kier molecular flexibility index (Phi) is 4.58. The van der Waals surface area contributed by atoms with Gasteiger partial charge in [0.1, 0.15) is 13.1 Å². The lowest BCUT2D eigenvalue weighted by atomic mass is 10.1. The predicted octanol–water partition coefficient (Wildman–Crippen LogP) is 1.46. The number of hydrogen-bond acceptors (Lipinski definition) is 4. The number of hydroxylamine groups is 3. The molecule has 15 heavy (non-hydrogen) atoms. The highest BCUT2D eigenvalue weighted by atomic mass is 32.1. The van der Waals surface area contributed by atoms with E-state index in [2.05, 4.69) is 12.8 Å². The van der Waals surface area contributed by atoms with Crippen LogP contribution in [0.25, 0.3) is 0 Å². The number of carbonyl (C=O) groups excluding carboxylic acids is 1. The summed E-state index contributed by atoms with van der Waals surface area (Å²) in [6, 6.07) is 0.188. The molecular formula is C10H21N2O2S+. The van der Waals surface area contributed by atoms with Gasteiger partial charge in [0.05, 0.1) is 19.0 Å². The van der Waals surface area contributed by atoms with Crippen molar-refractivity contribution >= 4 is 18.7 Å². The van der Waals surface area contributed by atoms with E-state index in [-0.39, 0.29) is 11.9 Å². The fourth-order valence-corrected chi connectivity index (χ4v) is 2.30. The highest BCUT2D eigenvalue weighted by Crippen LogP contribution is 2.20. The SMILES string of the molecule is CCCC(=O)[N+]1(O)CCN(S)C(CC)C1. The maximum Gasteiger partial charge on any atom is 0.345 e. The Balaban J connectivity index is 2.65. The molecule has 0 radical (unpaired) electrons. The molecular weight excluding hydrogens is 212 g/mol. The van der Waals surface area contributed by atoms with Crippen LogP contribution in [-0.4, -0.2) is 45.7 Å².